The van der Waals surface area contributed by atoms with Crippen LogP contribution in [0, 0.1) is 0 Å². The first kappa shape index (κ1) is 20.0. The largest absolute Gasteiger partial charge is 0.495 e. The molecule has 3 rings (SSSR count). The number of allylic oxidation sites excluding steroid dienone is 4. The standard InChI is InChI=1S/C23H32O4/c1-5-17(7-10-19(6-2)24-13-21-15-26-21)23(3,4)18-8-11-20(12-9-18)25-14-22-16-27-22/h7-12,21-22H,5-6,13-16H2,1-4H3/b17-7+,19-10+. The van der Waals surface area contributed by atoms with E-state index in [0.29, 0.717) is 19.3 Å². The topological polar surface area (TPSA) is 43.5 Å². The molecule has 2 saturated heterocycles. The normalized spacial score (nSPS) is 22.5. The van der Waals surface area contributed by atoms with Gasteiger partial charge in [0, 0.05) is 11.8 Å². The average Bonchev–Trinajstić information content (AvgIpc) is 3.57. The number of ether oxygens (including phenoxy) is 4. The predicted molar refractivity (Wildman–Crippen MR) is 107 cm³/mol. The molecular formula is C23H32O4. The van der Waals surface area contributed by atoms with Crippen molar-refractivity contribution in [2.75, 3.05) is 26.4 Å². The van der Waals surface area contributed by atoms with Crippen LogP contribution in [0.15, 0.2) is 47.7 Å². The van der Waals surface area contributed by atoms with E-state index >= 15 is 0 Å². The zero-order valence-corrected chi connectivity index (χ0v) is 17.0. The first-order valence-corrected chi connectivity index (χ1v) is 10.0. The lowest BCUT2D eigenvalue weighted by Crippen LogP contribution is -2.20. The third-order valence-corrected chi connectivity index (χ3v) is 5.27. The molecule has 1 aromatic carbocycles. The minimum absolute atomic E-state index is 0.0537. The van der Waals surface area contributed by atoms with Gasteiger partial charge in [0.2, 0.25) is 0 Å². The van der Waals surface area contributed by atoms with Gasteiger partial charge in [0.25, 0.3) is 0 Å². The Hall–Kier alpha value is -1.78. The van der Waals surface area contributed by atoms with Crippen LogP contribution in [-0.4, -0.2) is 38.6 Å². The van der Waals surface area contributed by atoms with E-state index in [0.717, 1.165) is 37.6 Å². The number of benzene rings is 1. The molecule has 0 aliphatic carbocycles. The second-order valence-corrected chi connectivity index (χ2v) is 7.71. The van der Waals surface area contributed by atoms with E-state index in [-0.39, 0.29) is 11.5 Å². The molecule has 4 nitrogen and oxygen atoms in total. The van der Waals surface area contributed by atoms with Gasteiger partial charge in [0.15, 0.2) is 0 Å². The van der Waals surface area contributed by atoms with Gasteiger partial charge in [-0.15, -0.1) is 0 Å². The third kappa shape index (κ3) is 5.85. The monoisotopic (exact) mass is 372 g/mol. The molecule has 0 bridgehead atoms. The van der Waals surface area contributed by atoms with Gasteiger partial charge >= 0.3 is 0 Å². The summed E-state index contributed by atoms with van der Waals surface area (Å²) in [7, 11) is 0. The fourth-order valence-electron chi connectivity index (χ4n) is 3.10. The molecule has 2 unspecified atom stereocenters. The van der Waals surface area contributed by atoms with Crippen molar-refractivity contribution in [3.05, 3.63) is 53.3 Å². The highest BCUT2D eigenvalue weighted by Gasteiger charge is 2.26. The van der Waals surface area contributed by atoms with E-state index in [1.165, 1.54) is 11.1 Å². The van der Waals surface area contributed by atoms with E-state index < -0.39 is 0 Å². The second kappa shape index (κ2) is 8.94. The molecule has 4 heteroatoms. The summed E-state index contributed by atoms with van der Waals surface area (Å²) in [4.78, 5) is 0. The summed E-state index contributed by atoms with van der Waals surface area (Å²) >= 11 is 0. The predicted octanol–water partition coefficient (Wildman–Crippen LogP) is 4.79. The molecule has 0 N–H and O–H groups in total. The lowest BCUT2D eigenvalue weighted by molar-refractivity contribution is 0.177. The van der Waals surface area contributed by atoms with Crippen LogP contribution in [0.1, 0.15) is 46.1 Å². The highest BCUT2D eigenvalue weighted by molar-refractivity contribution is 5.39. The third-order valence-electron chi connectivity index (χ3n) is 5.27. The van der Waals surface area contributed by atoms with Crippen molar-refractivity contribution < 1.29 is 18.9 Å². The summed E-state index contributed by atoms with van der Waals surface area (Å²) in [5.41, 5.74) is 2.60. The first-order valence-electron chi connectivity index (χ1n) is 10.0. The average molecular weight is 373 g/mol. The molecule has 27 heavy (non-hydrogen) atoms. The van der Waals surface area contributed by atoms with Gasteiger partial charge < -0.3 is 18.9 Å². The maximum absolute atomic E-state index is 5.86. The smallest absolute Gasteiger partial charge is 0.119 e. The molecule has 2 aliphatic rings. The fraction of sp³-hybridized carbons (Fsp3) is 0.565. The van der Waals surface area contributed by atoms with Gasteiger partial charge in [-0.3, -0.25) is 0 Å². The lowest BCUT2D eigenvalue weighted by atomic mass is 9.76. The highest BCUT2D eigenvalue weighted by Crippen LogP contribution is 2.34. The number of epoxide rings is 2. The number of hydrogen-bond acceptors (Lipinski definition) is 4. The van der Waals surface area contributed by atoms with Crippen molar-refractivity contribution in [3.63, 3.8) is 0 Å². The SMILES string of the molecule is CC/C(=C\C=C(/CC)C(C)(C)c1ccc(OCC2CO2)cc1)OCC1CO1. The molecule has 2 fully saturated rings. The maximum atomic E-state index is 5.86. The van der Waals surface area contributed by atoms with Crippen LogP contribution in [-0.2, 0) is 19.6 Å². The summed E-state index contributed by atoms with van der Waals surface area (Å²) in [6.07, 6.45) is 6.79. The molecule has 1 aromatic rings. The van der Waals surface area contributed by atoms with Crippen molar-refractivity contribution >= 4 is 0 Å². The van der Waals surface area contributed by atoms with E-state index in [1.807, 2.05) is 0 Å². The van der Waals surface area contributed by atoms with Crippen molar-refractivity contribution in [2.45, 2.75) is 58.2 Å². The van der Waals surface area contributed by atoms with Crippen LogP contribution < -0.4 is 4.74 Å². The molecule has 2 aliphatic heterocycles. The van der Waals surface area contributed by atoms with Gasteiger partial charge in [-0.1, -0.05) is 51.5 Å². The van der Waals surface area contributed by atoms with Crippen molar-refractivity contribution in [1.29, 1.82) is 0 Å². The summed E-state index contributed by atoms with van der Waals surface area (Å²) in [5.74, 6) is 1.91. The molecule has 2 atom stereocenters. The van der Waals surface area contributed by atoms with Gasteiger partial charge in [-0.25, -0.2) is 0 Å². The molecular weight excluding hydrogens is 340 g/mol. The highest BCUT2D eigenvalue weighted by atomic mass is 16.6. The fourth-order valence-corrected chi connectivity index (χ4v) is 3.10. The Bertz CT molecular complexity index is 664. The number of rotatable bonds is 11. The molecule has 0 saturated carbocycles. The number of hydrogen-bond donors (Lipinski definition) is 0. The van der Waals surface area contributed by atoms with Crippen LogP contribution in [0.2, 0.25) is 0 Å². The Morgan fingerprint density at radius 1 is 1.00 bits per heavy atom. The lowest BCUT2D eigenvalue weighted by Gasteiger charge is -2.28. The minimum atomic E-state index is -0.0537. The Kier molecular flexibility index (Phi) is 6.61. The van der Waals surface area contributed by atoms with Crippen LogP contribution in [0.25, 0.3) is 0 Å². The van der Waals surface area contributed by atoms with Gasteiger partial charge in [0.1, 0.15) is 31.2 Å². The van der Waals surface area contributed by atoms with Crippen LogP contribution >= 0.6 is 0 Å². The van der Waals surface area contributed by atoms with E-state index in [2.05, 4.69) is 64.1 Å². The van der Waals surface area contributed by atoms with E-state index in [9.17, 15) is 0 Å². The minimum Gasteiger partial charge on any atom is -0.495 e. The van der Waals surface area contributed by atoms with Crippen LogP contribution in [0.4, 0.5) is 0 Å². The molecule has 2 heterocycles. The quantitative estimate of drug-likeness (QED) is 0.318. The van der Waals surface area contributed by atoms with Gasteiger partial charge in [-0.2, -0.15) is 0 Å². The summed E-state index contributed by atoms with van der Waals surface area (Å²) in [6.45, 7) is 11.8. The Labute approximate surface area is 163 Å². The molecule has 0 aromatic heterocycles. The van der Waals surface area contributed by atoms with E-state index in [1.54, 1.807) is 0 Å². The van der Waals surface area contributed by atoms with Crippen molar-refractivity contribution in [2.24, 2.45) is 0 Å². The first-order chi connectivity index (χ1) is 13.0. The van der Waals surface area contributed by atoms with E-state index in [4.69, 9.17) is 18.9 Å². The Morgan fingerprint density at radius 3 is 2.19 bits per heavy atom. The van der Waals surface area contributed by atoms with Crippen molar-refractivity contribution in [3.8, 4) is 5.75 Å². The second-order valence-electron chi connectivity index (χ2n) is 7.71. The van der Waals surface area contributed by atoms with Gasteiger partial charge in [-0.05, 0) is 30.2 Å². The van der Waals surface area contributed by atoms with Crippen LogP contribution in [0.3, 0.4) is 0 Å². The van der Waals surface area contributed by atoms with Crippen LogP contribution in [0.5, 0.6) is 5.75 Å². The van der Waals surface area contributed by atoms with Gasteiger partial charge in [0.05, 0.1) is 19.0 Å². The molecule has 0 radical (unpaired) electrons. The zero-order chi connectivity index (χ0) is 19.3. The summed E-state index contributed by atoms with van der Waals surface area (Å²) in [6, 6.07) is 8.44. The zero-order valence-electron chi connectivity index (χ0n) is 17.0. The summed E-state index contributed by atoms with van der Waals surface area (Å²) in [5, 5.41) is 0. The maximum Gasteiger partial charge on any atom is 0.119 e. The Morgan fingerprint density at radius 2 is 1.63 bits per heavy atom. The molecule has 0 spiro atoms. The molecule has 148 valence electrons. The Balaban J connectivity index is 1.66. The summed E-state index contributed by atoms with van der Waals surface area (Å²) < 4.78 is 22.0. The van der Waals surface area contributed by atoms with Crippen molar-refractivity contribution in [1.82, 2.24) is 0 Å². The molecule has 0 amide bonds.